The summed E-state index contributed by atoms with van der Waals surface area (Å²) in [5, 5.41) is 0. The van der Waals surface area contributed by atoms with Crippen LogP contribution in [0.1, 0.15) is 20.8 Å². The molecule has 0 radical (unpaired) electrons. The van der Waals surface area contributed by atoms with E-state index in [1.165, 1.54) is 0 Å². The first-order chi connectivity index (χ1) is 4.66. The van der Waals surface area contributed by atoms with Crippen molar-refractivity contribution in [3.8, 4) is 0 Å². The van der Waals surface area contributed by atoms with Gasteiger partial charge in [-0.3, -0.25) is 0 Å². The molecule has 0 aromatic heterocycles. The summed E-state index contributed by atoms with van der Waals surface area (Å²) in [7, 11) is 0. The molecule has 10 heavy (non-hydrogen) atoms. The van der Waals surface area contributed by atoms with E-state index in [2.05, 4.69) is 20.8 Å². The summed E-state index contributed by atoms with van der Waals surface area (Å²) in [6.45, 7) is 7.20. The lowest BCUT2D eigenvalue weighted by molar-refractivity contribution is 0.0518. The van der Waals surface area contributed by atoms with Gasteiger partial charge in [-0.15, -0.1) is 0 Å². The Kier molecular flexibility index (Phi) is 2.32. The van der Waals surface area contributed by atoms with Crippen molar-refractivity contribution in [2.75, 3.05) is 6.54 Å². The maximum atomic E-state index is 5.60. The van der Waals surface area contributed by atoms with Crippen LogP contribution < -0.4 is 5.73 Å². The van der Waals surface area contributed by atoms with Crippen molar-refractivity contribution in [2.24, 2.45) is 17.6 Å². The summed E-state index contributed by atoms with van der Waals surface area (Å²) in [4.78, 5) is 0. The van der Waals surface area contributed by atoms with Crippen molar-refractivity contribution in [2.45, 2.75) is 33.0 Å². The molecule has 60 valence electrons. The molecule has 0 unspecified atom stereocenters. The molecule has 2 nitrogen and oxygen atoms in total. The molecule has 0 spiro atoms. The Balaban J connectivity index is 2.55. The topological polar surface area (TPSA) is 35.2 Å². The van der Waals surface area contributed by atoms with Crippen LogP contribution in [0.2, 0.25) is 0 Å². The average Bonchev–Trinajstić information content (AvgIpc) is 2.09. The summed E-state index contributed by atoms with van der Waals surface area (Å²) >= 11 is 0. The van der Waals surface area contributed by atoms with Crippen LogP contribution in [0.25, 0.3) is 0 Å². The SMILES string of the molecule is C[C@@H]1[C@@H](CN)[C@@H](C)O[C@H]1C. The molecule has 1 heterocycles. The van der Waals surface area contributed by atoms with Crippen molar-refractivity contribution in [1.82, 2.24) is 0 Å². The molecule has 0 aromatic carbocycles. The van der Waals surface area contributed by atoms with Crippen LogP contribution in [-0.2, 0) is 4.74 Å². The molecule has 0 bridgehead atoms. The highest BCUT2D eigenvalue weighted by atomic mass is 16.5. The fourth-order valence-electron chi connectivity index (χ4n) is 1.75. The summed E-state index contributed by atoms with van der Waals surface area (Å²) in [5.74, 6) is 1.19. The van der Waals surface area contributed by atoms with E-state index in [0.717, 1.165) is 6.54 Å². The molecule has 0 amide bonds. The lowest BCUT2D eigenvalue weighted by Crippen LogP contribution is -2.25. The minimum Gasteiger partial charge on any atom is -0.375 e. The normalized spacial score (nSPS) is 48.0. The third kappa shape index (κ3) is 1.18. The second-order valence-corrected chi connectivity index (χ2v) is 3.30. The van der Waals surface area contributed by atoms with Gasteiger partial charge in [-0.25, -0.2) is 0 Å². The molecular weight excluding hydrogens is 126 g/mol. The van der Waals surface area contributed by atoms with Crippen LogP contribution in [0.3, 0.4) is 0 Å². The fraction of sp³-hybridized carbons (Fsp3) is 1.00. The van der Waals surface area contributed by atoms with Gasteiger partial charge < -0.3 is 10.5 Å². The first kappa shape index (κ1) is 8.02. The van der Waals surface area contributed by atoms with Gasteiger partial charge in [0.2, 0.25) is 0 Å². The Bertz CT molecular complexity index is 116. The minimum absolute atomic E-state index is 0.356. The van der Waals surface area contributed by atoms with Gasteiger partial charge in [-0.05, 0) is 26.3 Å². The molecule has 1 saturated heterocycles. The van der Waals surface area contributed by atoms with Crippen LogP contribution in [0.15, 0.2) is 0 Å². The zero-order valence-electron chi connectivity index (χ0n) is 7.00. The van der Waals surface area contributed by atoms with E-state index < -0.39 is 0 Å². The second-order valence-electron chi connectivity index (χ2n) is 3.30. The Morgan fingerprint density at radius 1 is 1.20 bits per heavy atom. The van der Waals surface area contributed by atoms with Crippen molar-refractivity contribution < 1.29 is 4.74 Å². The van der Waals surface area contributed by atoms with Crippen LogP contribution in [0, 0.1) is 11.8 Å². The lowest BCUT2D eigenvalue weighted by Gasteiger charge is -2.14. The zero-order chi connectivity index (χ0) is 7.72. The van der Waals surface area contributed by atoms with Crippen molar-refractivity contribution in [3.05, 3.63) is 0 Å². The van der Waals surface area contributed by atoms with E-state index >= 15 is 0 Å². The summed E-state index contributed by atoms with van der Waals surface area (Å²) in [6.07, 6.45) is 0.749. The predicted molar refractivity (Wildman–Crippen MR) is 41.7 cm³/mol. The van der Waals surface area contributed by atoms with Gasteiger partial charge in [0.05, 0.1) is 12.2 Å². The van der Waals surface area contributed by atoms with E-state index in [4.69, 9.17) is 10.5 Å². The van der Waals surface area contributed by atoms with Gasteiger partial charge in [-0.2, -0.15) is 0 Å². The first-order valence-electron chi connectivity index (χ1n) is 4.02. The molecule has 0 aliphatic carbocycles. The van der Waals surface area contributed by atoms with Gasteiger partial charge in [0.1, 0.15) is 0 Å². The second kappa shape index (κ2) is 2.89. The van der Waals surface area contributed by atoms with Crippen LogP contribution in [-0.4, -0.2) is 18.8 Å². The third-order valence-corrected chi connectivity index (χ3v) is 2.72. The van der Waals surface area contributed by atoms with Gasteiger partial charge >= 0.3 is 0 Å². The maximum Gasteiger partial charge on any atom is 0.0594 e. The summed E-state index contributed by atoms with van der Waals surface area (Å²) < 4.78 is 5.60. The number of hydrogen-bond acceptors (Lipinski definition) is 2. The smallest absolute Gasteiger partial charge is 0.0594 e. The highest BCUT2D eigenvalue weighted by Gasteiger charge is 2.35. The summed E-state index contributed by atoms with van der Waals surface area (Å²) in [6, 6.07) is 0. The Morgan fingerprint density at radius 2 is 1.80 bits per heavy atom. The van der Waals surface area contributed by atoms with Gasteiger partial charge in [-0.1, -0.05) is 6.92 Å². The van der Waals surface area contributed by atoms with E-state index in [1.807, 2.05) is 0 Å². The Labute approximate surface area is 62.7 Å². The fourth-order valence-corrected chi connectivity index (χ4v) is 1.75. The number of ether oxygens (including phenoxy) is 1. The molecule has 0 aromatic rings. The quantitative estimate of drug-likeness (QED) is 0.594. The van der Waals surface area contributed by atoms with Crippen LogP contribution >= 0.6 is 0 Å². The standard InChI is InChI=1S/C8H17NO/c1-5-6(2)10-7(3)8(5)4-9/h5-8H,4,9H2,1-3H3/t5-,6-,7+,8+/m0/s1. The zero-order valence-corrected chi connectivity index (χ0v) is 7.00. The van der Waals surface area contributed by atoms with E-state index in [1.54, 1.807) is 0 Å². The summed E-state index contributed by atoms with van der Waals surface area (Å²) in [5.41, 5.74) is 5.60. The molecule has 1 fully saturated rings. The maximum absolute atomic E-state index is 5.60. The first-order valence-corrected chi connectivity index (χ1v) is 4.02. The number of rotatable bonds is 1. The van der Waals surface area contributed by atoms with Crippen molar-refractivity contribution in [1.29, 1.82) is 0 Å². The highest BCUT2D eigenvalue weighted by molar-refractivity contribution is 4.83. The third-order valence-electron chi connectivity index (χ3n) is 2.72. The van der Waals surface area contributed by atoms with Crippen LogP contribution in [0.5, 0.6) is 0 Å². The van der Waals surface area contributed by atoms with Gasteiger partial charge in [0.25, 0.3) is 0 Å². The van der Waals surface area contributed by atoms with E-state index in [9.17, 15) is 0 Å². The van der Waals surface area contributed by atoms with Crippen molar-refractivity contribution >= 4 is 0 Å². The van der Waals surface area contributed by atoms with Crippen molar-refractivity contribution in [3.63, 3.8) is 0 Å². The molecule has 1 aliphatic rings. The predicted octanol–water partition coefficient (Wildman–Crippen LogP) is 1.00. The molecule has 2 N–H and O–H groups in total. The van der Waals surface area contributed by atoms with Gasteiger partial charge in [0, 0.05) is 5.92 Å². The Morgan fingerprint density at radius 3 is 2.00 bits per heavy atom. The van der Waals surface area contributed by atoms with Gasteiger partial charge in [0.15, 0.2) is 0 Å². The molecule has 1 rings (SSSR count). The average molecular weight is 143 g/mol. The highest BCUT2D eigenvalue weighted by Crippen LogP contribution is 2.30. The van der Waals surface area contributed by atoms with Crippen LogP contribution in [0.4, 0.5) is 0 Å². The monoisotopic (exact) mass is 143 g/mol. The van der Waals surface area contributed by atoms with E-state index in [0.29, 0.717) is 24.0 Å². The molecule has 1 aliphatic heterocycles. The molecular formula is C8H17NO. The van der Waals surface area contributed by atoms with E-state index in [-0.39, 0.29) is 0 Å². The molecule has 4 atom stereocenters. The molecule has 0 saturated carbocycles. The Hall–Kier alpha value is -0.0800. The largest absolute Gasteiger partial charge is 0.375 e. The number of nitrogens with two attached hydrogens (primary N) is 1. The lowest BCUT2D eigenvalue weighted by atomic mass is 9.90. The molecule has 2 heteroatoms. The number of hydrogen-bond donors (Lipinski definition) is 1. The minimum atomic E-state index is 0.356.